The molecule has 114 valence electrons. The summed E-state index contributed by atoms with van der Waals surface area (Å²) < 4.78 is 38.2. The lowest BCUT2D eigenvalue weighted by Gasteiger charge is -2.27. The Morgan fingerprint density at radius 2 is 2.20 bits per heavy atom. The van der Waals surface area contributed by atoms with Crippen molar-refractivity contribution in [2.75, 3.05) is 13.2 Å². The van der Waals surface area contributed by atoms with E-state index in [4.69, 9.17) is 9.15 Å². The van der Waals surface area contributed by atoms with Gasteiger partial charge in [-0.15, -0.1) is 0 Å². The molecule has 0 aromatic carbocycles. The van der Waals surface area contributed by atoms with E-state index in [0.717, 1.165) is 6.54 Å². The van der Waals surface area contributed by atoms with Gasteiger partial charge in [0.25, 0.3) is 10.0 Å². The Morgan fingerprint density at radius 1 is 1.45 bits per heavy atom. The average molecular weight is 302 g/mol. The van der Waals surface area contributed by atoms with E-state index in [-0.39, 0.29) is 11.2 Å². The molecule has 0 amide bonds. The molecule has 2 unspecified atom stereocenters. The number of sulfonamides is 1. The summed E-state index contributed by atoms with van der Waals surface area (Å²) in [5, 5.41) is 3.04. The normalized spacial score (nSPS) is 27.1. The fourth-order valence-electron chi connectivity index (χ4n) is 2.17. The van der Waals surface area contributed by atoms with Crippen molar-refractivity contribution in [1.82, 2.24) is 10.0 Å². The van der Waals surface area contributed by atoms with Crippen LogP contribution in [-0.4, -0.2) is 33.2 Å². The Bertz CT molecular complexity index is 554. The molecule has 1 saturated heterocycles. The quantitative estimate of drug-likeness (QED) is 0.826. The summed E-state index contributed by atoms with van der Waals surface area (Å²) in [5.41, 5.74) is -0.590. The Hall–Kier alpha value is -0.890. The molecular formula is C13H22N2O4S. The van der Waals surface area contributed by atoms with Crippen molar-refractivity contribution in [3.8, 4) is 0 Å². The van der Waals surface area contributed by atoms with Gasteiger partial charge in [0.05, 0.1) is 18.2 Å². The summed E-state index contributed by atoms with van der Waals surface area (Å²) in [6, 6.07) is 3.16. The van der Waals surface area contributed by atoms with Crippen LogP contribution in [0, 0.1) is 0 Å². The summed E-state index contributed by atoms with van der Waals surface area (Å²) >= 11 is 0. The number of furan rings is 1. The van der Waals surface area contributed by atoms with Crippen molar-refractivity contribution < 1.29 is 17.6 Å². The Kier molecular flexibility index (Phi) is 4.53. The highest BCUT2D eigenvalue weighted by molar-refractivity contribution is 7.89. The molecule has 1 aromatic rings. The monoisotopic (exact) mass is 302 g/mol. The molecular weight excluding hydrogens is 280 g/mol. The topological polar surface area (TPSA) is 80.6 Å². The van der Waals surface area contributed by atoms with Gasteiger partial charge in [-0.05, 0) is 38.9 Å². The molecule has 0 spiro atoms. The third-order valence-electron chi connectivity index (χ3n) is 3.71. The maximum Gasteiger partial charge on any atom is 0.274 e. The van der Waals surface area contributed by atoms with Gasteiger partial charge < -0.3 is 14.5 Å². The minimum Gasteiger partial charge on any atom is -0.447 e. The molecule has 6 nitrogen and oxygen atoms in total. The second-order valence-corrected chi connectivity index (χ2v) is 6.90. The summed E-state index contributed by atoms with van der Waals surface area (Å²) in [4.78, 5) is 0. The molecule has 7 heteroatoms. The molecule has 2 N–H and O–H groups in total. The van der Waals surface area contributed by atoms with Crippen molar-refractivity contribution in [2.45, 2.75) is 50.5 Å². The van der Waals surface area contributed by atoms with Crippen LogP contribution < -0.4 is 10.0 Å². The number of nitrogens with one attached hydrogen (secondary N) is 2. The molecule has 0 bridgehead atoms. The summed E-state index contributed by atoms with van der Waals surface area (Å²) in [7, 11) is -3.66. The van der Waals surface area contributed by atoms with Crippen molar-refractivity contribution in [1.29, 1.82) is 0 Å². The number of hydrogen-bond donors (Lipinski definition) is 2. The zero-order valence-corrected chi connectivity index (χ0v) is 12.9. The molecule has 1 aromatic heterocycles. The van der Waals surface area contributed by atoms with E-state index in [9.17, 15) is 8.42 Å². The van der Waals surface area contributed by atoms with Gasteiger partial charge in [0.1, 0.15) is 5.76 Å². The maximum absolute atomic E-state index is 12.3. The van der Waals surface area contributed by atoms with Crippen LogP contribution in [0.3, 0.4) is 0 Å². The van der Waals surface area contributed by atoms with E-state index in [2.05, 4.69) is 10.0 Å². The van der Waals surface area contributed by atoms with Gasteiger partial charge in [-0.1, -0.05) is 6.92 Å². The fourth-order valence-corrected chi connectivity index (χ4v) is 3.62. The van der Waals surface area contributed by atoms with E-state index >= 15 is 0 Å². The van der Waals surface area contributed by atoms with Crippen molar-refractivity contribution in [2.24, 2.45) is 0 Å². The highest BCUT2D eigenvalue weighted by atomic mass is 32.2. The van der Waals surface area contributed by atoms with Crippen LogP contribution in [0.25, 0.3) is 0 Å². The van der Waals surface area contributed by atoms with Crippen molar-refractivity contribution in [3.05, 3.63) is 17.9 Å². The zero-order valence-electron chi connectivity index (χ0n) is 12.1. The van der Waals surface area contributed by atoms with Crippen LogP contribution in [-0.2, 0) is 21.3 Å². The van der Waals surface area contributed by atoms with Gasteiger partial charge >= 0.3 is 0 Å². The average Bonchev–Trinajstić information content (AvgIpc) is 2.95. The largest absolute Gasteiger partial charge is 0.447 e. The standard InChI is InChI=1S/C13H22N2O4S/c1-4-14-9-11-5-6-12(19-11)20(16,17)15-13(3)7-8-18-10(13)2/h5-6,10,14-15H,4,7-9H2,1-3H3. The summed E-state index contributed by atoms with van der Waals surface area (Å²) in [5.74, 6) is 0.605. The first-order chi connectivity index (χ1) is 9.37. The zero-order chi connectivity index (χ0) is 14.8. The van der Waals surface area contributed by atoms with E-state index < -0.39 is 15.6 Å². The third kappa shape index (κ3) is 3.22. The minimum absolute atomic E-state index is 0.0503. The predicted octanol–water partition coefficient (Wildman–Crippen LogP) is 1.23. The van der Waals surface area contributed by atoms with Gasteiger partial charge in [-0.25, -0.2) is 8.42 Å². The van der Waals surface area contributed by atoms with E-state index in [1.165, 1.54) is 6.07 Å². The molecule has 0 saturated carbocycles. The summed E-state index contributed by atoms with van der Waals surface area (Å²) in [6.07, 6.45) is 0.492. The Labute approximate surface area is 119 Å². The van der Waals surface area contributed by atoms with Gasteiger partial charge in [0.15, 0.2) is 0 Å². The molecule has 1 fully saturated rings. The van der Waals surface area contributed by atoms with Gasteiger partial charge in [0.2, 0.25) is 5.09 Å². The maximum atomic E-state index is 12.3. The van der Waals surface area contributed by atoms with E-state index in [1.807, 2.05) is 20.8 Å². The van der Waals surface area contributed by atoms with Gasteiger partial charge in [-0.2, -0.15) is 4.72 Å². The molecule has 2 atom stereocenters. The highest BCUT2D eigenvalue weighted by Crippen LogP contribution is 2.27. The molecule has 20 heavy (non-hydrogen) atoms. The Balaban J connectivity index is 2.12. The minimum atomic E-state index is -3.66. The van der Waals surface area contributed by atoms with Crippen LogP contribution in [0.15, 0.2) is 21.6 Å². The molecule has 1 aliphatic rings. The van der Waals surface area contributed by atoms with Crippen molar-refractivity contribution in [3.63, 3.8) is 0 Å². The molecule has 2 heterocycles. The van der Waals surface area contributed by atoms with Crippen LogP contribution >= 0.6 is 0 Å². The first kappa shape index (κ1) is 15.5. The lowest BCUT2D eigenvalue weighted by molar-refractivity contribution is 0.0956. The van der Waals surface area contributed by atoms with Crippen LogP contribution in [0.4, 0.5) is 0 Å². The highest BCUT2D eigenvalue weighted by Gasteiger charge is 2.41. The third-order valence-corrected chi connectivity index (χ3v) is 5.19. The van der Waals surface area contributed by atoms with Gasteiger partial charge in [0, 0.05) is 6.61 Å². The van der Waals surface area contributed by atoms with Crippen LogP contribution in [0.5, 0.6) is 0 Å². The lowest BCUT2D eigenvalue weighted by atomic mass is 9.97. The number of rotatable bonds is 6. The second kappa shape index (κ2) is 5.85. The number of hydrogen-bond acceptors (Lipinski definition) is 5. The van der Waals surface area contributed by atoms with Crippen LogP contribution in [0.2, 0.25) is 0 Å². The fraction of sp³-hybridized carbons (Fsp3) is 0.692. The lowest BCUT2D eigenvalue weighted by Crippen LogP contribution is -2.50. The predicted molar refractivity (Wildman–Crippen MR) is 74.8 cm³/mol. The van der Waals surface area contributed by atoms with E-state index in [0.29, 0.717) is 25.3 Å². The summed E-state index contributed by atoms with van der Waals surface area (Å²) in [6.45, 7) is 7.57. The van der Waals surface area contributed by atoms with E-state index in [1.54, 1.807) is 6.07 Å². The first-order valence-corrected chi connectivity index (χ1v) is 8.31. The molecule has 0 aliphatic carbocycles. The van der Waals surface area contributed by atoms with Crippen molar-refractivity contribution >= 4 is 10.0 Å². The molecule has 1 aliphatic heterocycles. The molecule has 0 radical (unpaired) electrons. The van der Waals surface area contributed by atoms with Crippen LogP contribution in [0.1, 0.15) is 33.0 Å². The number of ether oxygens (including phenoxy) is 1. The Morgan fingerprint density at radius 3 is 2.80 bits per heavy atom. The SMILES string of the molecule is CCNCc1ccc(S(=O)(=O)NC2(C)CCOC2C)o1. The molecule has 2 rings (SSSR count). The smallest absolute Gasteiger partial charge is 0.274 e. The first-order valence-electron chi connectivity index (χ1n) is 6.82. The second-order valence-electron chi connectivity index (χ2n) is 5.29. The van der Waals surface area contributed by atoms with Gasteiger partial charge in [-0.3, -0.25) is 0 Å².